The number of hydrogen-bond acceptors (Lipinski definition) is 5. The fourth-order valence-corrected chi connectivity index (χ4v) is 1.94. The molecule has 0 saturated heterocycles. The molecule has 1 aromatic rings. The maximum absolute atomic E-state index is 5.67. The number of ether oxygens (including phenoxy) is 1. The molecule has 0 aromatic carbocycles. The summed E-state index contributed by atoms with van der Waals surface area (Å²) < 4.78 is 7.54. The Bertz CT molecular complexity index is 315. The van der Waals surface area contributed by atoms with Crippen LogP contribution in [0.1, 0.15) is 33.0 Å². The Hall–Kier alpha value is -0.980. The number of nitrogens with zero attached hydrogens (tertiary/aromatic N) is 3. The van der Waals surface area contributed by atoms with Crippen molar-refractivity contribution in [3.63, 3.8) is 0 Å². The summed E-state index contributed by atoms with van der Waals surface area (Å²) in [6, 6.07) is 0.0643. The molecule has 98 valence electrons. The van der Waals surface area contributed by atoms with Gasteiger partial charge in [0.05, 0.1) is 12.1 Å². The van der Waals surface area contributed by atoms with E-state index in [1.54, 1.807) is 6.33 Å². The van der Waals surface area contributed by atoms with Crippen LogP contribution in [0.4, 0.5) is 0 Å². The van der Waals surface area contributed by atoms with Gasteiger partial charge in [-0.15, -0.1) is 0 Å². The van der Waals surface area contributed by atoms with Crippen LogP contribution < -0.4 is 11.3 Å². The Morgan fingerprint density at radius 2 is 2.24 bits per heavy atom. The van der Waals surface area contributed by atoms with Crippen molar-refractivity contribution in [1.82, 2.24) is 20.2 Å². The molecule has 0 aliphatic carbocycles. The van der Waals surface area contributed by atoms with Gasteiger partial charge in [0.1, 0.15) is 12.2 Å². The average Bonchev–Trinajstić information content (AvgIpc) is 2.80. The van der Waals surface area contributed by atoms with Gasteiger partial charge in [-0.1, -0.05) is 6.92 Å². The molecule has 17 heavy (non-hydrogen) atoms. The molecule has 0 bridgehead atoms. The number of rotatable bonds is 8. The second kappa shape index (κ2) is 7.37. The summed E-state index contributed by atoms with van der Waals surface area (Å²) in [5, 5.41) is 4.15. The van der Waals surface area contributed by atoms with Gasteiger partial charge in [0.25, 0.3) is 0 Å². The normalized spacial score (nSPS) is 14.8. The van der Waals surface area contributed by atoms with Crippen molar-refractivity contribution in [1.29, 1.82) is 0 Å². The minimum atomic E-state index is 0.0643. The third-order valence-electron chi connectivity index (χ3n) is 2.84. The van der Waals surface area contributed by atoms with Crippen LogP contribution in [0.5, 0.6) is 0 Å². The van der Waals surface area contributed by atoms with Gasteiger partial charge in [-0.2, -0.15) is 5.10 Å². The maximum atomic E-state index is 5.67. The Kier molecular flexibility index (Phi) is 6.10. The summed E-state index contributed by atoms with van der Waals surface area (Å²) in [4.78, 5) is 4.25. The molecular formula is C11H23N5O. The first-order chi connectivity index (χ1) is 8.26. The Morgan fingerprint density at radius 1 is 1.47 bits per heavy atom. The average molecular weight is 241 g/mol. The van der Waals surface area contributed by atoms with Crippen LogP contribution in [0.15, 0.2) is 6.33 Å². The Morgan fingerprint density at radius 3 is 2.76 bits per heavy atom. The highest BCUT2D eigenvalue weighted by Gasteiger charge is 2.21. The molecule has 0 fully saturated rings. The number of nitrogens with two attached hydrogens (primary N) is 1. The highest BCUT2D eigenvalue weighted by molar-refractivity contribution is 4.92. The van der Waals surface area contributed by atoms with Crippen molar-refractivity contribution in [3.8, 4) is 0 Å². The zero-order chi connectivity index (χ0) is 12.7. The lowest BCUT2D eigenvalue weighted by Crippen LogP contribution is -2.47. The maximum Gasteiger partial charge on any atom is 0.138 e. The molecular weight excluding hydrogens is 218 g/mol. The van der Waals surface area contributed by atoms with E-state index in [-0.39, 0.29) is 12.1 Å². The molecule has 0 amide bonds. The van der Waals surface area contributed by atoms with Gasteiger partial charge in [-0.05, 0) is 20.3 Å². The summed E-state index contributed by atoms with van der Waals surface area (Å²) in [5.41, 5.74) is 2.82. The first kappa shape index (κ1) is 14.1. The van der Waals surface area contributed by atoms with Gasteiger partial charge in [0.2, 0.25) is 0 Å². The van der Waals surface area contributed by atoms with E-state index in [9.17, 15) is 0 Å². The van der Waals surface area contributed by atoms with E-state index >= 15 is 0 Å². The van der Waals surface area contributed by atoms with Gasteiger partial charge in [-0.25, -0.2) is 4.98 Å². The van der Waals surface area contributed by atoms with Crippen molar-refractivity contribution >= 4 is 0 Å². The van der Waals surface area contributed by atoms with Crippen LogP contribution in [-0.4, -0.2) is 33.5 Å². The molecule has 0 aliphatic rings. The molecule has 6 nitrogen and oxygen atoms in total. The molecule has 6 heteroatoms. The number of hydrogen-bond donors (Lipinski definition) is 2. The molecule has 3 N–H and O–H groups in total. The summed E-state index contributed by atoms with van der Waals surface area (Å²) in [5.74, 6) is 6.54. The van der Waals surface area contributed by atoms with Crippen molar-refractivity contribution < 1.29 is 4.74 Å². The summed E-state index contributed by atoms with van der Waals surface area (Å²) >= 11 is 0. The fraction of sp³-hybridized carbons (Fsp3) is 0.818. The van der Waals surface area contributed by atoms with Crippen molar-refractivity contribution in [2.24, 2.45) is 5.84 Å². The molecule has 1 rings (SSSR count). The SMILES string of the molecule is CCOC(CC)C(Cc1ncnn1CC)NN. The topological polar surface area (TPSA) is 78.0 Å². The molecule has 0 saturated carbocycles. The van der Waals surface area contributed by atoms with Gasteiger partial charge in [-0.3, -0.25) is 16.0 Å². The summed E-state index contributed by atoms with van der Waals surface area (Å²) in [6.45, 7) is 7.64. The first-order valence-corrected chi connectivity index (χ1v) is 6.21. The lowest BCUT2D eigenvalue weighted by molar-refractivity contribution is 0.0312. The van der Waals surface area contributed by atoms with Gasteiger partial charge >= 0.3 is 0 Å². The van der Waals surface area contributed by atoms with Crippen LogP contribution in [0.25, 0.3) is 0 Å². The fourth-order valence-electron chi connectivity index (χ4n) is 1.94. The Labute approximate surface area is 103 Å². The quantitative estimate of drug-likeness (QED) is 0.511. The van der Waals surface area contributed by atoms with E-state index in [1.807, 2.05) is 18.5 Å². The zero-order valence-corrected chi connectivity index (χ0v) is 10.9. The van der Waals surface area contributed by atoms with Gasteiger partial charge in [0.15, 0.2) is 0 Å². The highest BCUT2D eigenvalue weighted by Crippen LogP contribution is 2.09. The van der Waals surface area contributed by atoms with E-state index in [4.69, 9.17) is 10.6 Å². The van der Waals surface area contributed by atoms with Gasteiger partial charge < -0.3 is 4.74 Å². The van der Waals surface area contributed by atoms with Crippen LogP contribution in [-0.2, 0) is 17.7 Å². The lowest BCUT2D eigenvalue weighted by Gasteiger charge is -2.25. The first-order valence-electron chi connectivity index (χ1n) is 6.21. The predicted octanol–water partition coefficient (Wildman–Crippen LogP) is 0.488. The molecule has 1 aromatic heterocycles. The van der Waals surface area contributed by atoms with E-state index in [0.717, 1.165) is 25.2 Å². The van der Waals surface area contributed by atoms with E-state index < -0.39 is 0 Å². The van der Waals surface area contributed by atoms with E-state index in [2.05, 4.69) is 22.4 Å². The second-order valence-electron chi connectivity index (χ2n) is 3.87. The lowest BCUT2D eigenvalue weighted by atomic mass is 10.1. The largest absolute Gasteiger partial charge is 0.377 e. The minimum absolute atomic E-state index is 0.0643. The molecule has 0 aliphatic heterocycles. The third kappa shape index (κ3) is 3.76. The van der Waals surface area contributed by atoms with Crippen molar-refractivity contribution in [2.45, 2.75) is 52.3 Å². The van der Waals surface area contributed by atoms with Crippen LogP contribution >= 0.6 is 0 Å². The smallest absolute Gasteiger partial charge is 0.138 e. The van der Waals surface area contributed by atoms with Crippen molar-refractivity contribution in [3.05, 3.63) is 12.2 Å². The second-order valence-corrected chi connectivity index (χ2v) is 3.87. The summed E-state index contributed by atoms with van der Waals surface area (Å²) in [6.07, 6.45) is 3.33. The predicted molar refractivity (Wildman–Crippen MR) is 66.2 cm³/mol. The molecule has 0 spiro atoms. The number of hydrazine groups is 1. The van der Waals surface area contributed by atoms with Gasteiger partial charge in [0, 0.05) is 19.6 Å². The monoisotopic (exact) mass is 241 g/mol. The molecule has 2 atom stereocenters. The van der Waals surface area contributed by atoms with E-state index in [1.165, 1.54) is 0 Å². The third-order valence-corrected chi connectivity index (χ3v) is 2.84. The highest BCUT2D eigenvalue weighted by atomic mass is 16.5. The van der Waals surface area contributed by atoms with Crippen LogP contribution in [0, 0.1) is 0 Å². The molecule has 0 radical (unpaired) electrons. The number of aromatic nitrogens is 3. The molecule has 1 heterocycles. The van der Waals surface area contributed by atoms with Crippen LogP contribution in [0.3, 0.4) is 0 Å². The number of nitrogens with one attached hydrogen (secondary N) is 1. The standard InChI is InChI=1S/C11H23N5O/c1-4-10(17-6-3)9(15-12)7-11-13-8-14-16(11)5-2/h8-10,15H,4-7,12H2,1-3H3. The Balaban J connectivity index is 2.68. The number of aryl methyl sites for hydroxylation is 1. The zero-order valence-electron chi connectivity index (χ0n) is 10.9. The minimum Gasteiger partial charge on any atom is -0.377 e. The molecule has 2 unspecified atom stereocenters. The van der Waals surface area contributed by atoms with Crippen LogP contribution in [0.2, 0.25) is 0 Å². The summed E-state index contributed by atoms with van der Waals surface area (Å²) in [7, 11) is 0. The van der Waals surface area contributed by atoms with Crippen molar-refractivity contribution in [2.75, 3.05) is 6.61 Å². The van der Waals surface area contributed by atoms with E-state index in [0.29, 0.717) is 6.61 Å².